The molecule has 0 aliphatic rings. The van der Waals surface area contributed by atoms with Gasteiger partial charge in [0.15, 0.2) is 0 Å². The Hall–Kier alpha value is -1.97. The zero-order valence-electron chi connectivity index (χ0n) is 16.8. The summed E-state index contributed by atoms with van der Waals surface area (Å²) in [7, 11) is -1.41. The topological polar surface area (TPSA) is 12.9 Å². The van der Waals surface area contributed by atoms with Gasteiger partial charge in [0.05, 0.1) is 13.8 Å². The Morgan fingerprint density at radius 1 is 0.963 bits per heavy atom. The van der Waals surface area contributed by atoms with E-state index in [0.29, 0.717) is 5.92 Å². The highest BCUT2D eigenvalue weighted by Crippen LogP contribution is 2.36. The van der Waals surface area contributed by atoms with Crippen molar-refractivity contribution >= 4 is 44.8 Å². The standard InChI is InChI=1S/C24H27NSSi/c1-6-16(2)19-14-21(25-15-24(19)27(3,4)5)17-11-12-23-20(13-17)18-9-7-8-10-22(18)26-23/h7-16H,6H2,1-5H3. The minimum absolute atomic E-state index is 0.569. The number of thiophene rings is 1. The summed E-state index contributed by atoms with van der Waals surface area (Å²) in [5.41, 5.74) is 3.82. The van der Waals surface area contributed by atoms with Crippen LogP contribution in [0.3, 0.4) is 0 Å². The summed E-state index contributed by atoms with van der Waals surface area (Å²) < 4.78 is 2.70. The zero-order valence-corrected chi connectivity index (χ0v) is 18.7. The average Bonchev–Trinajstić information content (AvgIpc) is 3.04. The minimum Gasteiger partial charge on any atom is -0.256 e. The van der Waals surface area contributed by atoms with Crippen molar-refractivity contribution < 1.29 is 0 Å². The van der Waals surface area contributed by atoms with E-state index in [9.17, 15) is 0 Å². The maximum absolute atomic E-state index is 4.90. The van der Waals surface area contributed by atoms with Crippen molar-refractivity contribution in [2.24, 2.45) is 0 Å². The van der Waals surface area contributed by atoms with E-state index in [2.05, 4.69) is 88.2 Å². The first kappa shape index (κ1) is 18.4. The number of aromatic nitrogens is 1. The Balaban J connectivity index is 1.89. The van der Waals surface area contributed by atoms with Gasteiger partial charge in [-0.3, -0.25) is 4.98 Å². The summed E-state index contributed by atoms with van der Waals surface area (Å²) >= 11 is 1.87. The molecule has 2 aromatic heterocycles. The molecule has 0 N–H and O–H groups in total. The number of nitrogens with zero attached hydrogens (tertiary/aromatic N) is 1. The first-order valence-electron chi connectivity index (χ1n) is 9.80. The van der Waals surface area contributed by atoms with Crippen molar-refractivity contribution in [2.45, 2.75) is 45.8 Å². The SMILES string of the molecule is CCC(C)c1cc(-c2ccc3sc4ccccc4c3c2)ncc1[Si](C)(C)C. The van der Waals surface area contributed by atoms with Gasteiger partial charge in [-0.25, -0.2) is 0 Å². The molecule has 0 aliphatic carbocycles. The van der Waals surface area contributed by atoms with E-state index in [1.54, 1.807) is 0 Å². The molecule has 1 nitrogen and oxygen atoms in total. The van der Waals surface area contributed by atoms with Crippen molar-refractivity contribution in [3.63, 3.8) is 0 Å². The Kier molecular flexibility index (Phi) is 4.69. The van der Waals surface area contributed by atoms with Gasteiger partial charge in [-0.1, -0.05) is 57.8 Å². The van der Waals surface area contributed by atoms with Crippen LogP contribution in [0.25, 0.3) is 31.4 Å². The molecule has 1 atom stereocenters. The van der Waals surface area contributed by atoms with Crippen LogP contribution in [-0.4, -0.2) is 13.1 Å². The molecule has 0 saturated heterocycles. The summed E-state index contributed by atoms with van der Waals surface area (Å²) in [5, 5.41) is 4.19. The molecule has 0 aliphatic heterocycles. The van der Waals surface area contributed by atoms with Gasteiger partial charge in [-0.05, 0) is 47.4 Å². The first-order chi connectivity index (χ1) is 12.9. The highest BCUT2D eigenvalue weighted by molar-refractivity contribution is 7.25. The maximum Gasteiger partial charge on any atom is 0.0799 e. The maximum atomic E-state index is 4.90. The van der Waals surface area contributed by atoms with Crippen LogP contribution in [0.5, 0.6) is 0 Å². The summed E-state index contributed by atoms with van der Waals surface area (Å²) in [6, 6.07) is 17.9. The Morgan fingerprint density at radius 3 is 2.44 bits per heavy atom. The van der Waals surface area contributed by atoms with Gasteiger partial charge in [-0.2, -0.15) is 0 Å². The summed E-state index contributed by atoms with van der Waals surface area (Å²) in [6.07, 6.45) is 3.33. The van der Waals surface area contributed by atoms with Gasteiger partial charge in [0.1, 0.15) is 0 Å². The molecular weight excluding hydrogens is 362 g/mol. The van der Waals surface area contributed by atoms with Crippen LogP contribution in [0.2, 0.25) is 19.6 Å². The Morgan fingerprint density at radius 2 is 1.70 bits per heavy atom. The second kappa shape index (κ2) is 6.88. The van der Waals surface area contributed by atoms with Gasteiger partial charge < -0.3 is 0 Å². The molecule has 0 saturated carbocycles. The van der Waals surface area contributed by atoms with Crippen LogP contribution in [0, 0.1) is 0 Å². The van der Waals surface area contributed by atoms with E-state index in [4.69, 9.17) is 4.98 Å². The number of rotatable bonds is 4. The van der Waals surface area contributed by atoms with E-state index in [-0.39, 0.29) is 0 Å². The normalized spacial score (nSPS) is 13.4. The van der Waals surface area contributed by atoms with Crippen LogP contribution in [0.1, 0.15) is 31.7 Å². The summed E-state index contributed by atoms with van der Waals surface area (Å²) in [6.45, 7) is 11.9. The lowest BCUT2D eigenvalue weighted by Gasteiger charge is -2.24. The molecule has 4 rings (SSSR count). The van der Waals surface area contributed by atoms with Crippen molar-refractivity contribution in [3.8, 4) is 11.3 Å². The fourth-order valence-corrected chi connectivity index (χ4v) is 6.49. The third-order valence-corrected chi connectivity index (χ3v) is 8.75. The smallest absolute Gasteiger partial charge is 0.0799 e. The second-order valence-electron chi connectivity index (χ2n) is 8.53. The lowest BCUT2D eigenvalue weighted by atomic mass is 9.97. The van der Waals surface area contributed by atoms with E-state index in [0.717, 1.165) is 12.1 Å². The Labute approximate surface area is 167 Å². The molecule has 3 heteroatoms. The highest BCUT2D eigenvalue weighted by atomic mass is 32.1. The molecule has 138 valence electrons. The van der Waals surface area contributed by atoms with Crippen molar-refractivity contribution in [3.05, 3.63) is 60.3 Å². The summed E-state index contributed by atoms with van der Waals surface area (Å²) in [5.74, 6) is 0.569. The van der Waals surface area contributed by atoms with Crippen LogP contribution in [-0.2, 0) is 0 Å². The lowest BCUT2D eigenvalue weighted by Crippen LogP contribution is -2.41. The molecule has 1 unspecified atom stereocenters. The fourth-order valence-electron chi connectivity index (χ4n) is 3.77. The minimum atomic E-state index is -1.41. The molecular formula is C24H27NSSi. The number of hydrogen-bond donors (Lipinski definition) is 0. The molecule has 0 bridgehead atoms. The van der Waals surface area contributed by atoms with Crippen LogP contribution in [0.4, 0.5) is 0 Å². The quantitative estimate of drug-likeness (QED) is 0.337. The van der Waals surface area contributed by atoms with Gasteiger partial charge in [0.2, 0.25) is 0 Å². The van der Waals surface area contributed by atoms with Crippen LogP contribution >= 0.6 is 11.3 Å². The number of hydrogen-bond acceptors (Lipinski definition) is 2. The van der Waals surface area contributed by atoms with Gasteiger partial charge in [0.25, 0.3) is 0 Å². The van der Waals surface area contributed by atoms with Crippen molar-refractivity contribution in [1.29, 1.82) is 0 Å². The van der Waals surface area contributed by atoms with E-state index < -0.39 is 8.07 Å². The number of benzene rings is 2. The predicted octanol–water partition coefficient (Wildman–Crippen LogP) is 7.18. The highest BCUT2D eigenvalue weighted by Gasteiger charge is 2.23. The van der Waals surface area contributed by atoms with E-state index >= 15 is 0 Å². The third-order valence-electron chi connectivity index (χ3n) is 5.56. The van der Waals surface area contributed by atoms with E-state index in [1.165, 1.54) is 36.5 Å². The largest absolute Gasteiger partial charge is 0.256 e. The first-order valence-corrected chi connectivity index (χ1v) is 14.1. The predicted molar refractivity (Wildman–Crippen MR) is 124 cm³/mol. The van der Waals surface area contributed by atoms with Gasteiger partial charge in [0, 0.05) is 31.9 Å². The Bertz CT molecular complexity index is 1120. The van der Waals surface area contributed by atoms with Crippen molar-refractivity contribution in [2.75, 3.05) is 0 Å². The molecule has 0 fully saturated rings. The summed E-state index contributed by atoms with van der Waals surface area (Å²) in [4.78, 5) is 4.90. The molecule has 27 heavy (non-hydrogen) atoms. The fraction of sp³-hybridized carbons (Fsp3) is 0.292. The van der Waals surface area contributed by atoms with Gasteiger partial charge in [-0.15, -0.1) is 11.3 Å². The monoisotopic (exact) mass is 389 g/mol. The molecule has 0 amide bonds. The van der Waals surface area contributed by atoms with Crippen molar-refractivity contribution in [1.82, 2.24) is 4.98 Å². The third kappa shape index (κ3) is 3.35. The number of fused-ring (bicyclic) bond motifs is 3. The average molecular weight is 390 g/mol. The molecule has 0 spiro atoms. The zero-order chi connectivity index (χ0) is 19.2. The second-order valence-corrected chi connectivity index (χ2v) is 14.6. The molecule has 2 aromatic carbocycles. The van der Waals surface area contributed by atoms with Crippen LogP contribution < -0.4 is 5.19 Å². The van der Waals surface area contributed by atoms with E-state index in [1.807, 2.05) is 11.3 Å². The lowest BCUT2D eigenvalue weighted by molar-refractivity contribution is 0.736. The molecule has 4 aromatic rings. The molecule has 2 heterocycles. The molecule has 0 radical (unpaired) electrons. The van der Waals surface area contributed by atoms with Crippen LogP contribution in [0.15, 0.2) is 54.7 Å². The number of pyridine rings is 1. The van der Waals surface area contributed by atoms with Gasteiger partial charge >= 0.3 is 0 Å².